The second-order valence-electron chi connectivity index (χ2n) is 7.32. The zero-order valence-corrected chi connectivity index (χ0v) is 17.3. The summed E-state index contributed by atoms with van der Waals surface area (Å²) in [6.45, 7) is 4.86. The fourth-order valence-electron chi connectivity index (χ4n) is 3.77. The van der Waals surface area contributed by atoms with Gasteiger partial charge >= 0.3 is 0 Å². The smallest absolute Gasteiger partial charge is 0.243 e. The van der Waals surface area contributed by atoms with Crippen molar-refractivity contribution in [2.45, 2.75) is 44.0 Å². The van der Waals surface area contributed by atoms with E-state index in [1.807, 2.05) is 12.1 Å². The molecule has 2 aromatic rings. The van der Waals surface area contributed by atoms with Crippen LogP contribution in [-0.4, -0.2) is 31.7 Å². The molecule has 0 bridgehead atoms. The van der Waals surface area contributed by atoms with E-state index < -0.39 is 10.0 Å². The molecule has 0 saturated carbocycles. The van der Waals surface area contributed by atoms with Crippen LogP contribution in [0.4, 0.5) is 0 Å². The van der Waals surface area contributed by atoms with Crippen molar-refractivity contribution in [1.29, 1.82) is 0 Å². The summed E-state index contributed by atoms with van der Waals surface area (Å²) in [5.41, 5.74) is 2.31. The maximum Gasteiger partial charge on any atom is 0.243 e. The number of rotatable bonds is 6. The lowest BCUT2D eigenvalue weighted by Gasteiger charge is -2.31. The number of hydrogen-bond donors (Lipinski definition) is 1. The van der Waals surface area contributed by atoms with Crippen molar-refractivity contribution < 1.29 is 13.2 Å². The van der Waals surface area contributed by atoms with Gasteiger partial charge in [-0.2, -0.15) is 4.31 Å². The highest BCUT2D eigenvalue weighted by molar-refractivity contribution is 7.89. The molecule has 28 heavy (non-hydrogen) atoms. The van der Waals surface area contributed by atoms with Crippen LogP contribution in [0.3, 0.4) is 0 Å². The fourth-order valence-corrected chi connectivity index (χ4v) is 5.26. The number of benzene rings is 2. The van der Waals surface area contributed by atoms with E-state index in [9.17, 15) is 13.2 Å². The number of carbonyl (C=O) groups is 1. The van der Waals surface area contributed by atoms with E-state index in [2.05, 4.69) is 31.3 Å². The van der Waals surface area contributed by atoms with Crippen molar-refractivity contribution in [2.24, 2.45) is 5.92 Å². The predicted molar refractivity (Wildman–Crippen MR) is 110 cm³/mol. The lowest BCUT2D eigenvalue weighted by Crippen LogP contribution is -2.43. The summed E-state index contributed by atoms with van der Waals surface area (Å²) in [6.07, 6.45) is 1.90. The Bertz CT molecular complexity index is 904. The lowest BCUT2D eigenvalue weighted by atomic mass is 9.94. The first-order valence-electron chi connectivity index (χ1n) is 9.84. The van der Waals surface area contributed by atoms with Crippen LogP contribution in [0.5, 0.6) is 0 Å². The number of sulfonamides is 1. The Labute approximate surface area is 167 Å². The Morgan fingerprint density at radius 2 is 1.68 bits per heavy atom. The van der Waals surface area contributed by atoms with Crippen molar-refractivity contribution in [2.75, 3.05) is 13.1 Å². The van der Waals surface area contributed by atoms with Crippen LogP contribution in [0, 0.1) is 12.8 Å². The minimum absolute atomic E-state index is 0.0141. The van der Waals surface area contributed by atoms with Crippen molar-refractivity contribution in [3.05, 3.63) is 65.7 Å². The molecule has 1 N–H and O–H groups in total. The number of aryl methyl sites for hydroxylation is 1. The molecule has 2 aromatic carbocycles. The molecule has 6 heteroatoms. The summed E-state index contributed by atoms with van der Waals surface area (Å²) in [4.78, 5) is 13.1. The van der Waals surface area contributed by atoms with Gasteiger partial charge in [0.25, 0.3) is 0 Å². The molecule has 1 heterocycles. The Kier molecular flexibility index (Phi) is 6.52. The molecular formula is C22H28N2O3S. The first-order chi connectivity index (χ1) is 13.4. The molecular weight excluding hydrogens is 372 g/mol. The largest absolute Gasteiger partial charge is 0.349 e. The van der Waals surface area contributed by atoms with E-state index in [1.165, 1.54) is 9.87 Å². The van der Waals surface area contributed by atoms with Crippen LogP contribution >= 0.6 is 0 Å². The summed E-state index contributed by atoms with van der Waals surface area (Å²) in [5, 5.41) is 3.17. The van der Waals surface area contributed by atoms with Gasteiger partial charge in [-0.05, 0) is 49.4 Å². The lowest BCUT2D eigenvalue weighted by molar-refractivity contribution is -0.126. The standard InChI is InChI=1S/C22H28N2O3S/c1-3-21(20-12-8-7-9-17(20)2)23-22(25)18-13-15-24(16-14-18)28(26,27)19-10-5-4-6-11-19/h4-12,18,21H,3,13-16H2,1-2H3,(H,23,25). The SMILES string of the molecule is CCC(NC(=O)C1CCN(S(=O)(=O)c2ccccc2)CC1)c1ccccc1C. The maximum atomic E-state index is 12.8. The van der Waals surface area contributed by atoms with Crippen molar-refractivity contribution in [3.8, 4) is 0 Å². The van der Waals surface area contributed by atoms with Gasteiger partial charge in [-0.15, -0.1) is 0 Å². The van der Waals surface area contributed by atoms with Gasteiger partial charge in [-0.25, -0.2) is 8.42 Å². The molecule has 1 aliphatic heterocycles. The van der Waals surface area contributed by atoms with Crippen LogP contribution in [0.25, 0.3) is 0 Å². The third-order valence-electron chi connectivity index (χ3n) is 5.49. The van der Waals surface area contributed by atoms with Gasteiger partial charge in [-0.3, -0.25) is 4.79 Å². The Hall–Kier alpha value is -2.18. The third-order valence-corrected chi connectivity index (χ3v) is 7.41. The van der Waals surface area contributed by atoms with E-state index in [0.717, 1.165) is 12.0 Å². The molecule has 1 fully saturated rings. The summed E-state index contributed by atoms with van der Waals surface area (Å²) in [6, 6.07) is 16.6. The average molecular weight is 401 g/mol. The quantitative estimate of drug-likeness (QED) is 0.805. The van der Waals surface area contributed by atoms with Crippen LogP contribution < -0.4 is 5.32 Å². The van der Waals surface area contributed by atoms with Crippen LogP contribution in [-0.2, 0) is 14.8 Å². The molecule has 5 nitrogen and oxygen atoms in total. The molecule has 3 rings (SSSR count). The van der Waals surface area contributed by atoms with Gasteiger partial charge in [0, 0.05) is 19.0 Å². The molecule has 0 radical (unpaired) electrons. The maximum absolute atomic E-state index is 12.8. The zero-order valence-electron chi connectivity index (χ0n) is 16.5. The molecule has 1 atom stereocenters. The van der Waals surface area contributed by atoms with Gasteiger partial charge in [0.1, 0.15) is 0 Å². The van der Waals surface area contributed by atoms with Crippen molar-refractivity contribution >= 4 is 15.9 Å². The molecule has 1 aliphatic rings. The summed E-state index contributed by atoms with van der Waals surface area (Å²) < 4.78 is 27.0. The Morgan fingerprint density at radius 1 is 1.07 bits per heavy atom. The second kappa shape index (κ2) is 8.88. The van der Waals surface area contributed by atoms with E-state index in [4.69, 9.17) is 0 Å². The highest BCUT2D eigenvalue weighted by Gasteiger charge is 2.32. The Morgan fingerprint density at radius 3 is 2.29 bits per heavy atom. The number of piperidine rings is 1. The number of carbonyl (C=O) groups excluding carboxylic acids is 1. The monoisotopic (exact) mass is 400 g/mol. The molecule has 1 saturated heterocycles. The molecule has 0 spiro atoms. The minimum atomic E-state index is -3.49. The summed E-state index contributed by atoms with van der Waals surface area (Å²) >= 11 is 0. The average Bonchev–Trinajstić information content (AvgIpc) is 2.73. The van der Waals surface area contributed by atoms with Crippen molar-refractivity contribution in [1.82, 2.24) is 9.62 Å². The molecule has 0 aromatic heterocycles. The predicted octanol–water partition coefficient (Wildman–Crippen LogP) is 3.66. The van der Waals surface area contributed by atoms with Gasteiger partial charge in [0.05, 0.1) is 10.9 Å². The van der Waals surface area contributed by atoms with E-state index in [-0.39, 0.29) is 17.9 Å². The van der Waals surface area contributed by atoms with E-state index in [0.29, 0.717) is 30.8 Å². The topological polar surface area (TPSA) is 66.5 Å². The van der Waals surface area contributed by atoms with Gasteiger partial charge in [-0.1, -0.05) is 49.4 Å². The first kappa shape index (κ1) is 20.6. The van der Waals surface area contributed by atoms with Gasteiger partial charge < -0.3 is 5.32 Å². The number of amides is 1. The van der Waals surface area contributed by atoms with Gasteiger partial charge in [0.2, 0.25) is 15.9 Å². The second-order valence-corrected chi connectivity index (χ2v) is 9.26. The first-order valence-corrected chi connectivity index (χ1v) is 11.3. The highest BCUT2D eigenvalue weighted by atomic mass is 32.2. The molecule has 0 aliphatic carbocycles. The fraction of sp³-hybridized carbons (Fsp3) is 0.409. The number of nitrogens with one attached hydrogen (secondary N) is 1. The van der Waals surface area contributed by atoms with E-state index in [1.54, 1.807) is 30.3 Å². The molecule has 1 unspecified atom stereocenters. The molecule has 150 valence electrons. The number of nitrogens with zero attached hydrogens (tertiary/aromatic N) is 1. The van der Waals surface area contributed by atoms with E-state index >= 15 is 0 Å². The molecule has 1 amide bonds. The van der Waals surface area contributed by atoms with Crippen molar-refractivity contribution in [3.63, 3.8) is 0 Å². The highest BCUT2D eigenvalue weighted by Crippen LogP contribution is 2.26. The van der Waals surface area contributed by atoms with Gasteiger partial charge in [0.15, 0.2) is 0 Å². The number of hydrogen-bond acceptors (Lipinski definition) is 3. The Balaban J connectivity index is 1.61. The summed E-state index contributed by atoms with van der Waals surface area (Å²) in [5.74, 6) is -0.132. The van der Waals surface area contributed by atoms with Crippen LogP contribution in [0.2, 0.25) is 0 Å². The third kappa shape index (κ3) is 4.45. The minimum Gasteiger partial charge on any atom is -0.349 e. The normalized spacial score (nSPS) is 17.2. The van der Waals surface area contributed by atoms with Crippen LogP contribution in [0.15, 0.2) is 59.5 Å². The summed E-state index contributed by atoms with van der Waals surface area (Å²) in [7, 11) is -3.49. The van der Waals surface area contributed by atoms with Crippen LogP contribution in [0.1, 0.15) is 43.4 Å². The zero-order chi connectivity index (χ0) is 20.1.